The lowest BCUT2D eigenvalue weighted by molar-refractivity contribution is -0.127. The zero-order chi connectivity index (χ0) is 35.5. The third-order valence-electron chi connectivity index (χ3n) is 8.84. The standard InChI is InChI=1S/C39H38BrN3O6S/c1-7-42(8-2)38(45)34-23(3)41-39-43(35(34)29-21-27(46-4)16-17-31(29)47-5)37(44)33(50-39)20-24-18-30(40)36(32(19-24)48-6)49-22-26-14-11-13-25-12-9-10-15-28(25)26/h9-21,35H,7-8,22H2,1-6H3/b33-20+/t35-/m1/s1. The first kappa shape index (κ1) is 35.0. The number of amides is 1. The van der Waals surface area contributed by atoms with Crippen LogP contribution in [-0.2, 0) is 11.4 Å². The van der Waals surface area contributed by atoms with Crippen molar-refractivity contribution in [2.75, 3.05) is 34.4 Å². The number of allylic oxidation sites excluding steroid dienone is 1. The summed E-state index contributed by atoms with van der Waals surface area (Å²) in [5.41, 5.74) is 3.08. The van der Waals surface area contributed by atoms with E-state index < -0.39 is 6.04 Å². The molecule has 0 aliphatic carbocycles. The number of carbonyl (C=O) groups is 1. The first-order valence-electron chi connectivity index (χ1n) is 16.2. The van der Waals surface area contributed by atoms with Crippen molar-refractivity contribution in [3.05, 3.63) is 125 Å². The Morgan fingerprint density at radius 1 is 0.960 bits per heavy atom. The maximum absolute atomic E-state index is 14.4. The van der Waals surface area contributed by atoms with Crippen molar-refractivity contribution in [3.63, 3.8) is 0 Å². The fraction of sp³-hybridized carbons (Fsp3) is 0.256. The lowest BCUT2D eigenvalue weighted by Gasteiger charge is -2.30. The smallest absolute Gasteiger partial charge is 0.271 e. The van der Waals surface area contributed by atoms with E-state index in [4.69, 9.17) is 23.9 Å². The summed E-state index contributed by atoms with van der Waals surface area (Å²) in [6.45, 7) is 7.04. The van der Waals surface area contributed by atoms with Gasteiger partial charge in [-0.25, -0.2) is 4.99 Å². The van der Waals surface area contributed by atoms with Crippen LogP contribution < -0.4 is 33.8 Å². The van der Waals surface area contributed by atoms with E-state index in [1.54, 1.807) is 49.0 Å². The largest absolute Gasteiger partial charge is 0.497 e. The molecular formula is C39H38BrN3O6S. The zero-order valence-electron chi connectivity index (χ0n) is 28.8. The second kappa shape index (κ2) is 14.9. The maximum Gasteiger partial charge on any atom is 0.271 e. The minimum absolute atomic E-state index is 0.187. The van der Waals surface area contributed by atoms with Gasteiger partial charge < -0.3 is 23.8 Å². The van der Waals surface area contributed by atoms with Crippen LogP contribution in [0.2, 0.25) is 0 Å². The first-order valence-corrected chi connectivity index (χ1v) is 17.8. The van der Waals surface area contributed by atoms with Crippen molar-refractivity contribution in [1.82, 2.24) is 9.47 Å². The number of fused-ring (bicyclic) bond motifs is 2. The Hall–Kier alpha value is -4.87. The lowest BCUT2D eigenvalue weighted by Crippen LogP contribution is -2.43. The summed E-state index contributed by atoms with van der Waals surface area (Å²) in [7, 11) is 4.73. The summed E-state index contributed by atoms with van der Waals surface area (Å²) in [5.74, 6) is 1.98. The van der Waals surface area contributed by atoms with E-state index in [2.05, 4.69) is 34.1 Å². The Bertz CT molecular complexity index is 2300. The molecule has 1 aliphatic rings. The molecule has 1 aromatic heterocycles. The van der Waals surface area contributed by atoms with E-state index in [9.17, 15) is 9.59 Å². The molecule has 0 unspecified atom stereocenters. The molecule has 1 atom stereocenters. The van der Waals surface area contributed by atoms with Gasteiger partial charge in [0, 0.05) is 18.7 Å². The number of aromatic nitrogens is 1. The number of hydrogen-bond donors (Lipinski definition) is 0. The van der Waals surface area contributed by atoms with E-state index in [1.165, 1.54) is 11.3 Å². The number of thiazole rings is 1. The maximum atomic E-state index is 14.4. The second-order valence-corrected chi connectivity index (χ2v) is 13.5. The van der Waals surface area contributed by atoms with Crippen LogP contribution in [0.25, 0.3) is 16.8 Å². The zero-order valence-corrected chi connectivity index (χ0v) is 31.2. The summed E-state index contributed by atoms with van der Waals surface area (Å²) in [6.07, 6.45) is 1.80. The second-order valence-electron chi connectivity index (χ2n) is 11.6. The number of nitrogens with zero attached hydrogens (tertiary/aromatic N) is 3. The van der Waals surface area contributed by atoms with Crippen LogP contribution in [0.5, 0.6) is 23.0 Å². The molecule has 0 spiro atoms. The minimum atomic E-state index is -0.794. The number of carbonyl (C=O) groups excluding carboxylic acids is 1. The number of benzene rings is 4. The van der Waals surface area contributed by atoms with Gasteiger partial charge >= 0.3 is 0 Å². The van der Waals surface area contributed by atoms with Gasteiger partial charge in [0.25, 0.3) is 11.5 Å². The Balaban J connectivity index is 1.44. The Labute approximate surface area is 302 Å². The van der Waals surface area contributed by atoms with Crippen molar-refractivity contribution >= 4 is 50.0 Å². The third kappa shape index (κ3) is 6.55. The molecule has 4 aromatic carbocycles. The van der Waals surface area contributed by atoms with Gasteiger partial charge in [-0.1, -0.05) is 53.8 Å². The molecule has 2 heterocycles. The lowest BCUT2D eigenvalue weighted by atomic mass is 9.93. The van der Waals surface area contributed by atoms with Crippen LogP contribution in [-0.4, -0.2) is 49.8 Å². The summed E-state index contributed by atoms with van der Waals surface area (Å²) in [6, 6.07) is 22.7. The molecule has 0 N–H and O–H groups in total. The van der Waals surface area contributed by atoms with Gasteiger partial charge in [0.1, 0.15) is 24.1 Å². The fourth-order valence-corrected chi connectivity index (χ4v) is 7.93. The molecule has 9 nitrogen and oxygen atoms in total. The number of ether oxygens (including phenoxy) is 4. The Morgan fingerprint density at radius 3 is 2.42 bits per heavy atom. The van der Waals surface area contributed by atoms with Crippen LogP contribution in [0.3, 0.4) is 0 Å². The van der Waals surface area contributed by atoms with Crippen molar-refractivity contribution in [3.8, 4) is 23.0 Å². The quantitative estimate of drug-likeness (QED) is 0.151. The van der Waals surface area contributed by atoms with Gasteiger partial charge in [0.05, 0.1) is 41.6 Å². The van der Waals surface area contributed by atoms with E-state index in [0.29, 0.717) is 73.3 Å². The Morgan fingerprint density at radius 2 is 1.70 bits per heavy atom. The fourth-order valence-electron chi connectivity index (χ4n) is 6.31. The van der Waals surface area contributed by atoms with Gasteiger partial charge in [-0.15, -0.1) is 0 Å². The predicted octanol–water partition coefficient (Wildman–Crippen LogP) is 6.62. The highest BCUT2D eigenvalue weighted by atomic mass is 79.9. The molecule has 1 aliphatic heterocycles. The number of likely N-dealkylation sites (N-methyl/N-ethyl adjacent to an activating group) is 1. The highest BCUT2D eigenvalue weighted by Crippen LogP contribution is 2.39. The van der Waals surface area contributed by atoms with E-state index in [1.807, 2.05) is 63.2 Å². The van der Waals surface area contributed by atoms with Gasteiger partial charge in [0.2, 0.25) is 0 Å². The molecule has 1 amide bonds. The molecule has 6 rings (SSSR count). The molecular weight excluding hydrogens is 718 g/mol. The van der Waals surface area contributed by atoms with Gasteiger partial charge in [0.15, 0.2) is 16.3 Å². The average Bonchev–Trinajstić information content (AvgIpc) is 3.43. The number of hydrogen-bond acceptors (Lipinski definition) is 8. The van der Waals surface area contributed by atoms with E-state index in [0.717, 1.165) is 21.9 Å². The molecule has 0 fully saturated rings. The van der Waals surface area contributed by atoms with Gasteiger partial charge in [-0.05, 0) is 95.0 Å². The summed E-state index contributed by atoms with van der Waals surface area (Å²) >= 11 is 4.94. The molecule has 0 saturated carbocycles. The van der Waals surface area contributed by atoms with Gasteiger partial charge in [-0.3, -0.25) is 14.2 Å². The molecule has 0 bridgehead atoms. The van der Waals surface area contributed by atoms with E-state index in [-0.39, 0.29) is 11.5 Å². The monoisotopic (exact) mass is 755 g/mol. The minimum Gasteiger partial charge on any atom is -0.497 e. The highest BCUT2D eigenvalue weighted by Gasteiger charge is 2.36. The summed E-state index contributed by atoms with van der Waals surface area (Å²) in [5, 5.41) is 2.27. The summed E-state index contributed by atoms with van der Waals surface area (Å²) < 4.78 is 26.1. The molecule has 0 radical (unpaired) electrons. The van der Waals surface area contributed by atoms with Crippen LogP contribution in [0.4, 0.5) is 0 Å². The molecule has 11 heteroatoms. The number of methoxy groups -OCH3 is 3. The topological polar surface area (TPSA) is 91.6 Å². The van der Waals surface area contributed by atoms with Crippen LogP contribution >= 0.6 is 27.3 Å². The van der Waals surface area contributed by atoms with Crippen LogP contribution in [0.15, 0.2) is 98.3 Å². The average molecular weight is 757 g/mol. The van der Waals surface area contributed by atoms with Crippen LogP contribution in [0, 0.1) is 0 Å². The predicted molar refractivity (Wildman–Crippen MR) is 200 cm³/mol. The van der Waals surface area contributed by atoms with Crippen molar-refractivity contribution in [1.29, 1.82) is 0 Å². The summed E-state index contributed by atoms with van der Waals surface area (Å²) in [4.78, 5) is 35.5. The van der Waals surface area contributed by atoms with Gasteiger partial charge in [-0.2, -0.15) is 0 Å². The van der Waals surface area contributed by atoms with Crippen molar-refractivity contribution in [2.24, 2.45) is 4.99 Å². The number of rotatable bonds is 11. The first-order chi connectivity index (χ1) is 24.2. The third-order valence-corrected chi connectivity index (χ3v) is 10.4. The SMILES string of the molecule is CCN(CC)C(=O)C1=C(C)N=c2s/c(=C/c3cc(Br)c(OCc4cccc5ccccc45)c(OC)c3)c(=O)n2[C@@H]1c1cc(OC)ccc1OC. The number of halogens is 1. The highest BCUT2D eigenvalue weighted by molar-refractivity contribution is 9.10. The molecule has 258 valence electrons. The molecule has 0 saturated heterocycles. The normalized spacial score (nSPS) is 14.3. The van der Waals surface area contributed by atoms with Crippen molar-refractivity contribution in [2.45, 2.75) is 33.4 Å². The molecule has 50 heavy (non-hydrogen) atoms. The van der Waals surface area contributed by atoms with E-state index >= 15 is 0 Å². The van der Waals surface area contributed by atoms with Crippen molar-refractivity contribution < 1.29 is 23.7 Å². The molecule has 5 aromatic rings. The van der Waals surface area contributed by atoms with Crippen LogP contribution in [0.1, 0.15) is 43.5 Å². The Kier molecular flexibility index (Phi) is 10.4.